The Kier molecular flexibility index (Phi) is 9.52. The van der Waals surface area contributed by atoms with Crippen molar-refractivity contribution in [3.05, 3.63) is 23.8 Å². The second-order valence-corrected chi connectivity index (χ2v) is 10.0. The number of aliphatic hydroxyl groups is 1. The van der Waals surface area contributed by atoms with Crippen LogP contribution < -0.4 is 4.74 Å². The van der Waals surface area contributed by atoms with Crippen molar-refractivity contribution in [1.29, 1.82) is 0 Å². The number of aliphatic hydroxyl groups excluding tert-OH is 1. The normalized spacial score (nSPS) is 21.2. The molecule has 1 aliphatic rings. The van der Waals surface area contributed by atoms with Crippen LogP contribution in [0.15, 0.2) is 23.1 Å². The van der Waals surface area contributed by atoms with Gasteiger partial charge in [0.15, 0.2) is 0 Å². The van der Waals surface area contributed by atoms with E-state index in [1.54, 1.807) is 26.1 Å². The number of unbranched alkanes of at least 4 members (excludes halogenated alkanes) is 1. The van der Waals surface area contributed by atoms with E-state index < -0.39 is 22.2 Å². The smallest absolute Gasteiger partial charge is 0.248 e. The molecule has 0 fully saturated rings. The lowest BCUT2D eigenvalue weighted by Gasteiger charge is -2.37. The van der Waals surface area contributed by atoms with E-state index in [1.807, 2.05) is 13.8 Å². The van der Waals surface area contributed by atoms with Gasteiger partial charge in [-0.2, -0.15) is 4.31 Å². The number of fused-ring (bicyclic) bond motifs is 1. The molecule has 0 aromatic heterocycles. The lowest BCUT2D eigenvalue weighted by Crippen LogP contribution is -2.50. The van der Waals surface area contributed by atoms with Crippen LogP contribution in [0.4, 0.5) is 0 Å². The van der Waals surface area contributed by atoms with Crippen molar-refractivity contribution in [2.24, 2.45) is 5.92 Å². The molecule has 8 nitrogen and oxygen atoms in total. The predicted octanol–water partition coefficient (Wildman–Crippen LogP) is 1.71. The first-order chi connectivity index (χ1) is 15.1. The SMILES string of the molecule is CCCC#Cc1ccc2c(c1)O[C@H](CN(C)C(=O)COC)[C@H](C)CN([C@@H](C)CO)S2(=O)=O. The Hall–Kier alpha value is -2.12. The zero-order chi connectivity index (χ0) is 23.9. The van der Waals surface area contributed by atoms with Crippen LogP contribution in [-0.2, 0) is 19.6 Å². The summed E-state index contributed by atoms with van der Waals surface area (Å²) in [6.45, 7) is 5.64. The summed E-state index contributed by atoms with van der Waals surface area (Å²) in [5.74, 6) is 5.86. The summed E-state index contributed by atoms with van der Waals surface area (Å²) in [6.07, 6.45) is 1.20. The molecular formula is C23H34N2O6S. The van der Waals surface area contributed by atoms with Gasteiger partial charge in [-0.3, -0.25) is 4.79 Å². The van der Waals surface area contributed by atoms with E-state index in [4.69, 9.17) is 9.47 Å². The number of hydrogen-bond donors (Lipinski definition) is 1. The Morgan fingerprint density at radius 3 is 2.78 bits per heavy atom. The maximum absolute atomic E-state index is 13.4. The number of benzene rings is 1. The zero-order valence-corrected chi connectivity index (χ0v) is 20.3. The highest BCUT2D eigenvalue weighted by atomic mass is 32.2. The van der Waals surface area contributed by atoms with Crippen molar-refractivity contribution in [3.8, 4) is 17.6 Å². The fourth-order valence-corrected chi connectivity index (χ4v) is 5.24. The average molecular weight is 467 g/mol. The Morgan fingerprint density at radius 2 is 2.16 bits per heavy atom. The number of methoxy groups -OCH3 is 1. The third kappa shape index (κ3) is 6.23. The fraction of sp³-hybridized carbons (Fsp3) is 0.609. The van der Waals surface area contributed by atoms with Crippen LogP contribution in [0.25, 0.3) is 0 Å². The number of likely N-dealkylation sites (N-methyl/N-ethyl adjacent to an activating group) is 1. The highest BCUT2D eigenvalue weighted by Crippen LogP contribution is 2.34. The van der Waals surface area contributed by atoms with E-state index in [1.165, 1.54) is 22.4 Å². The molecule has 9 heteroatoms. The van der Waals surface area contributed by atoms with Crippen molar-refractivity contribution in [3.63, 3.8) is 0 Å². The highest BCUT2D eigenvalue weighted by Gasteiger charge is 2.38. The van der Waals surface area contributed by atoms with Gasteiger partial charge in [-0.25, -0.2) is 8.42 Å². The number of ether oxygens (including phenoxy) is 2. The maximum Gasteiger partial charge on any atom is 0.248 e. The van der Waals surface area contributed by atoms with E-state index in [0.29, 0.717) is 5.56 Å². The van der Waals surface area contributed by atoms with Crippen LogP contribution in [0.2, 0.25) is 0 Å². The minimum Gasteiger partial charge on any atom is -0.487 e. The monoisotopic (exact) mass is 466 g/mol. The molecule has 1 aliphatic heterocycles. The average Bonchev–Trinajstić information content (AvgIpc) is 2.75. The molecule has 0 unspecified atom stereocenters. The zero-order valence-electron chi connectivity index (χ0n) is 19.5. The standard InChI is InChI=1S/C23H34N2O6S/c1-6-7-8-9-19-10-11-22-20(12-19)31-21(14-24(4)23(27)16-30-5)17(2)13-25(18(3)15-26)32(22,28)29/h10-12,17-18,21,26H,6-7,13-16H2,1-5H3/t17-,18+,21-/m1/s1. The highest BCUT2D eigenvalue weighted by molar-refractivity contribution is 7.89. The molecule has 1 heterocycles. The number of rotatable bonds is 7. The van der Waals surface area contributed by atoms with Gasteiger partial charge in [-0.1, -0.05) is 25.7 Å². The lowest BCUT2D eigenvalue weighted by atomic mass is 10.0. The molecule has 1 aromatic rings. The summed E-state index contributed by atoms with van der Waals surface area (Å²) in [7, 11) is -0.789. The molecule has 1 amide bonds. The van der Waals surface area contributed by atoms with Crippen LogP contribution in [0.1, 0.15) is 39.2 Å². The Balaban J connectivity index is 2.52. The molecule has 0 bridgehead atoms. The Labute approximate surface area is 191 Å². The van der Waals surface area contributed by atoms with Crippen molar-refractivity contribution in [2.75, 3.05) is 40.5 Å². The fourth-order valence-electron chi connectivity index (χ4n) is 3.42. The molecule has 1 aromatic carbocycles. The van der Waals surface area contributed by atoms with Crippen LogP contribution in [0.3, 0.4) is 0 Å². The maximum atomic E-state index is 13.4. The number of sulfonamides is 1. The number of carbonyl (C=O) groups excluding carboxylic acids is 1. The Morgan fingerprint density at radius 1 is 1.44 bits per heavy atom. The van der Waals surface area contributed by atoms with E-state index >= 15 is 0 Å². The van der Waals surface area contributed by atoms with E-state index in [9.17, 15) is 18.3 Å². The first-order valence-corrected chi connectivity index (χ1v) is 12.2. The van der Waals surface area contributed by atoms with Crippen molar-refractivity contribution >= 4 is 15.9 Å². The first kappa shape index (κ1) is 26.1. The molecule has 0 saturated heterocycles. The van der Waals surface area contributed by atoms with Crippen LogP contribution in [0, 0.1) is 17.8 Å². The van der Waals surface area contributed by atoms with Crippen LogP contribution in [-0.4, -0.2) is 81.2 Å². The van der Waals surface area contributed by atoms with Gasteiger partial charge in [0.1, 0.15) is 23.4 Å². The molecule has 0 saturated carbocycles. The second-order valence-electron chi connectivity index (χ2n) is 8.16. The number of hydrogen-bond acceptors (Lipinski definition) is 6. The molecule has 2 rings (SSSR count). The molecule has 0 radical (unpaired) electrons. The molecule has 0 spiro atoms. The summed E-state index contributed by atoms with van der Waals surface area (Å²) in [6, 6.07) is 4.20. The van der Waals surface area contributed by atoms with E-state index in [-0.39, 0.29) is 48.8 Å². The minimum absolute atomic E-state index is 0.0293. The third-order valence-corrected chi connectivity index (χ3v) is 7.44. The van der Waals surface area contributed by atoms with Gasteiger partial charge in [-0.05, 0) is 31.5 Å². The molecular weight excluding hydrogens is 432 g/mol. The van der Waals surface area contributed by atoms with Crippen molar-refractivity contribution in [1.82, 2.24) is 9.21 Å². The molecule has 1 N–H and O–H groups in total. The summed E-state index contributed by atoms with van der Waals surface area (Å²) in [5, 5.41) is 9.70. The number of carbonyl (C=O) groups is 1. The van der Waals surface area contributed by atoms with Crippen LogP contribution in [0.5, 0.6) is 5.75 Å². The van der Waals surface area contributed by atoms with E-state index in [0.717, 1.165) is 12.8 Å². The van der Waals surface area contributed by atoms with Crippen molar-refractivity contribution < 1.29 is 27.8 Å². The van der Waals surface area contributed by atoms with Gasteiger partial charge in [0.2, 0.25) is 15.9 Å². The molecule has 178 valence electrons. The van der Waals surface area contributed by atoms with Gasteiger partial charge in [0.25, 0.3) is 0 Å². The van der Waals surface area contributed by atoms with Crippen LogP contribution >= 0.6 is 0 Å². The summed E-state index contributed by atoms with van der Waals surface area (Å²) < 4.78 is 39.3. The topological polar surface area (TPSA) is 96.4 Å². The quantitative estimate of drug-likeness (QED) is 0.615. The van der Waals surface area contributed by atoms with Gasteiger partial charge in [-0.15, -0.1) is 0 Å². The van der Waals surface area contributed by atoms with Gasteiger partial charge >= 0.3 is 0 Å². The number of nitrogens with zero attached hydrogens (tertiary/aromatic N) is 2. The third-order valence-electron chi connectivity index (χ3n) is 5.42. The molecule has 3 atom stereocenters. The van der Waals surface area contributed by atoms with Gasteiger partial charge in [0, 0.05) is 44.6 Å². The first-order valence-electron chi connectivity index (χ1n) is 10.8. The predicted molar refractivity (Wildman–Crippen MR) is 122 cm³/mol. The second kappa shape index (κ2) is 11.7. The summed E-state index contributed by atoms with van der Waals surface area (Å²) in [4.78, 5) is 13.8. The lowest BCUT2D eigenvalue weighted by molar-refractivity contribution is -0.135. The largest absolute Gasteiger partial charge is 0.487 e. The summed E-state index contributed by atoms with van der Waals surface area (Å²) in [5.41, 5.74) is 0.657. The summed E-state index contributed by atoms with van der Waals surface area (Å²) >= 11 is 0. The minimum atomic E-state index is -3.91. The molecule has 0 aliphatic carbocycles. The van der Waals surface area contributed by atoms with Crippen molar-refractivity contribution in [2.45, 2.75) is 50.7 Å². The van der Waals surface area contributed by atoms with Gasteiger partial charge in [0.05, 0.1) is 13.2 Å². The number of amides is 1. The van der Waals surface area contributed by atoms with Gasteiger partial charge < -0.3 is 19.5 Å². The van der Waals surface area contributed by atoms with E-state index in [2.05, 4.69) is 11.8 Å². The Bertz CT molecular complexity index is 953. The molecule has 32 heavy (non-hydrogen) atoms.